The van der Waals surface area contributed by atoms with E-state index >= 15 is 0 Å². The monoisotopic (exact) mass is 332 g/mol. The van der Waals surface area contributed by atoms with Crippen molar-refractivity contribution in [1.29, 1.82) is 0 Å². The highest BCUT2D eigenvalue weighted by molar-refractivity contribution is 5.75. The predicted molar refractivity (Wildman–Crippen MR) is 92.9 cm³/mol. The molecular weight excluding hydrogens is 304 g/mol. The van der Waals surface area contributed by atoms with Crippen molar-refractivity contribution in [1.82, 2.24) is 10.2 Å². The minimum absolute atomic E-state index is 0.0364. The number of hydrogen-bond donors (Lipinski definition) is 2. The normalized spacial score (nSPS) is 25.5. The maximum Gasteiger partial charge on any atom is 0.318 e. The van der Waals surface area contributed by atoms with Crippen LogP contribution in [0.5, 0.6) is 0 Å². The first-order chi connectivity index (χ1) is 11.6. The van der Waals surface area contributed by atoms with Crippen LogP contribution in [0.1, 0.15) is 49.8 Å². The van der Waals surface area contributed by atoms with E-state index in [0.29, 0.717) is 26.2 Å². The molecule has 1 heterocycles. The molecule has 1 aromatic rings. The molecule has 2 amide bonds. The first-order valence-corrected chi connectivity index (χ1v) is 9.06. The van der Waals surface area contributed by atoms with Gasteiger partial charge in [0, 0.05) is 6.54 Å². The summed E-state index contributed by atoms with van der Waals surface area (Å²) in [6, 6.07) is 8.41. The highest BCUT2D eigenvalue weighted by Crippen LogP contribution is 2.29. The highest BCUT2D eigenvalue weighted by Gasteiger charge is 2.30. The molecule has 5 nitrogen and oxygen atoms in total. The fourth-order valence-corrected chi connectivity index (χ4v) is 3.81. The summed E-state index contributed by atoms with van der Waals surface area (Å²) in [5.41, 5.74) is 2.60. The Morgan fingerprint density at radius 1 is 1.42 bits per heavy atom. The van der Waals surface area contributed by atoms with Gasteiger partial charge in [-0.3, -0.25) is 0 Å². The Bertz CT molecular complexity index is 561. The molecule has 3 rings (SSSR count). The van der Waals surface area contributed by atoms with E-state index in [1.165, 1.54) is 17.5 Å². The van der Waals surface area contributed by atoms with E-state index in [0.717, 1.165) is 19.3 Å². The molecule has 0 bridgehead atoms. The zero-order valence-electron chi connectivity index (χ0n) is 14.4. The van der Waals surface area contributed by atoms with E-state index in [2.05, 4.69) is 23.5 Å². The second kappa shape index (κ2) is 7.99. The Balaban J connectivity index is 1.71. The van der Waals surface area contributed by atoms with Gasteiger partial charge in [0.15, 0.2) is 0 Å². The van der Waals surface area contributed by atoms with Crippen LogP contribution < -0.4 is 5.32 Å². The van der Waals surface area contributed by atoms with Gasteiger partial charge in [-0.2, -0.15) is 0 Å². The second-order valence-corrected chi connectivity index (χ2v) is 6.95. The third-order valence-electron chi connectivity index (χ3n) is 5.02. The molecule has 132 valence electrons. The predicted octanol–water partition coefficient (Wildman–Crippen LogP) is 2.64. The molecule has 1 aliphatic carbocycles. The minimum Gasteiger partial charge on any atom is -0.393 e. The molecule has 5 heteroatoms. The Hall–Kier alpha value is -1.59. The van der Waals surface area contributed by atoms with Gasteiger partial charge in [-0.1, -0.05) is 30.7 Å². The lowest BCUT2D eigenvalue weighted by Crippen LogP contribution is -2.53. The Morgan fingerprint density at radius 2 is 2.25 bits per heavy atom. The smallest absolute Gasteiger partial charge is 0.318 e. The van der Waals surface area contributed by atoms with E-state index in [1.807, 2.05) is 11.0 Å². The average Bonchev–Trinajstić information content (AvgIpc) is 2.77. The third kappa shape index (κ3) is 4.08. The van der Waals surface area contributed by atoms with Crippen molar-refractivity contribution in [3.63, 3.8) is 0 Å². The second-order valence-electron chi connectivity index (χ2n) is 6.95. The molecule has 1 aromatic carbocycles. The molecule has 3 atom stereocenters. The average molecular weight is 332 g/mol. The largest absolute Gasteiger partial charge is 0.393 e. The zero-order valence-corrected chi connectivity index (χ0v) is 14.4. The van der Waals surface area contributed by atoms with Gasteiger partial charge < -0.3 is 20.1 Å². The summed E-state index contributed by atoms with van der Waals surface area (Å²) < 4.78 is 5.50. The summed E-state index contributed by atoms with van der Waals surface area (Å²) in [6.07, 6.45) is 4.48. The Morgan fingerprint density at radius 3 is 3.08 bits per heavy atom. The number of nitrogens with zero attached hydrogens (tertiary/aromatic N) is 1. The van der Waals surface area contributed by atoms with Crippen molar-refractivity contribution in [3.05, 3.63) is 35.4 Å². The molecule has 0 aromatic heterocycles. The van der Waals surface area contributed by atoms with Gasteiger partial charge in [0.1, 0.15) is 0 Å². The highest BCUT2D eigenvalue weighted by atomic mass is 16.5. The molecule has 0 spiro atoms. The number of hydrogen-bond acceptors (Lipinski definition) is 3. The van der Waals surface area contributed by atoms with Gasteiger partial charge in [-0.05, 0) is 43.7 Å². The summed E-state index contributed by atoms with van der Waals surface area (Å²) in [5.74, 6) is 0. The molecule has 0 saturated carbocycles. The van der Waals surface area contributed by atoms with Crippen LogP contribution in [0.25, 0.3) is 0 Å². The van der Waals surface area contributed by atoms with Crippen LogP contribution in [0, 0.1) is 0 Å². The van der Waals surface area contributed by atoms with E-state index in [1.54, 1.807) is 6.92 Å². The van der Waals surface area contributed by atoms with Crippen molar-refractivity contribution >= 4 is 6.03 Å². The number of ether oxygens (including phenoxy) is 1. The fourth-order valence-electron chi connectivity index (χ4n) is 3.81. The van der Waals surface area contributed by atoms with Crippen LogP contribution in [0.4, 0.5) is 4.79 Å². The van der Waals surface area contributed by atoms with E-state index in [9.17, 15) is 9.90 Å². The first-order valence-electron chi connectivity index (χ1n) is 9.06. The SMILES string of the molecule is C[C@H](O)C[C@@H]1COCCN1C(=O)N[C@H]1CCCCc2ccccc21. The number of urea groups is 1. The molecule has 1 saturated heterocycles. The van der Waals surface area contributed by atoms with Gasteiger partial charge >= 0.3 is 6.03 Å². The van der Waals surface area contributed by atoms with Gasteiger partial charge in [-0.25, -0.2) is 4.79 Å². The number of benzene rings is 1. The molecule has 2 N–H and O–H groups in total. The molecule has 24 heavy (non-hydrogen) atoms. The number of aryl methyl sites for hydroxylation is 1. The van der Waals surface area contributed by atoms with Gasteiger partial charge in [0.05, 0.1) is 31.4 Å². The number of aliphatic hydroxyl groups is 1. The number of fused-ring (bicyclic) bond motifs is 1. The summed E-state index contributed by atoms with van der Waals surface area (Å²) in [7, 11) is 0. The number of amides is 2. The number of nitrogens with one attached hydrogen (secondary N) is 1. The maximum atomic E-state index is 12.9. The maximum absolute atomic E-state index is 12.9. The van der Waals surface area contributed by atoms with Crippen molar-refractivity contribution < 1.29 is 14.6 Å². The van der Waals surface area contributed by atoms with E-state index < -0.39 is 6.10 Å². The topological polar surface area (TPSA) is 61.8 Å². The van der Waals surface area contributed by atoms with Crippen LogP contribution in [-0.4, -0.2) is 47.9 Å². The van der Waals surface area contributed by atoms with Crippen LogP contribution >= 0.6 is 0 Å². The lowest BCUT2D eigenvalue weighted by molar-refractivity contribution is -0.00488. The summed E-state index contributed by atoms with van der Waals surface area (Å²) in [4.78, 5) is 14.7. The summed E-state index contributed by atoms with van der Waals surface area (Å²) >= 11 is 0. The Kier molecular flexibility index (Phi) is 5.74. The number of aliphatic hydroxyl groups excluding tert-OH is 1. The van der Waals surface area contributed by atoms with Gasteiger partial charge in [0.25, 0.3) is 0 Å². The Labute approximate surface area is 144 Å². The van der Waals surface area contributed by atoms with Crippen molar-refractivity contribution in [3.8, 4) is 0 Å². The van der Waals surface area contributed by atoms with E-state index in [4.69, 9.17) is 4.74 Å². The van der Waals surface area contributed by atoms with Crippen LogP contribution in [0.2, 0.25) is 0 Å². The third-order valence-corrected chi connectivity index (χ3v) is 5.02. The molecule has 0 radical (unpaired) electrons. The van der Waals surface area contributed by atoms with Crippen molar-refractivity contribution in [2.75, 3.05) is 19.8 Å². The minimum atomic E-state index is -0.439. The molecular formula is C19H28N2O3. The fraction of sp³-hybridized carbons (Fsp3) is 0.632. The number of rotatable bonds is 3. The molecule has 2 aliphatic rings. The van der Waals surface area contributed by atoms with Crippen LogP contribution in [0.3, 0.4) is 0 Å². The van der Waals surface area contributed by atoms with Gasteiger partial charge in [-0.15, -0.1) is 0 Å². The molecule has 0 unspecified atom stereocenters. The van der Waals surface area contributed by atoms with Gasteiger partial charge in [0.2, 0.25) is 0 Å². The standard InChI is InChI=1S/C19H28N2O3/c1-14(22)12-16-13-24-11-10-21(16)19(23)20-18-9-5-3-7-15-6-2-4-8-17(15)18/h2,4,6,8,14,16,18,22H,3,5,7,9-13H2,1H3,(H,20,23)/t14-,16+,18-/m0/s1. The van der Waals surface area contributed by atoms with Crippen LogP contribution in [0.15, 0.2) is 24.3 Å². The number of morpholine rings is 1. The quantitative estimate of drug-likeness (QED) is 0.837. The summed E-state index contributed by atoms with van der Waals surface area (Å²) in [6.45, 7) is 3.40. The first kappa shape index (κ1) is 17.2. The van der Waals surface area contributed by atoms with Crippen molar-refractivity contribution in [2.45, 2.75) is 57.2 Å². The van der Waals surface area contributed by atoms with Crippen LogP contribution in [-0.2, 0) is 11.2 Å². The molecule has 1 fully saturated rings. The summed E-state index contributed by atoms with van der Waals surface area (Å²) in [5, 5.41) is 12.9. The lowest BCUT2D eigenvalue weighted by atomic mass is 9.99. The number of carbonyl (C=O) groups is 1. The molecule has 1 aliphatic heterocycles. The zero-order chi connectivity index (χ0) is 16.9. The van der Waals surface area contributed by atoms with Crippen molar-refractivity contribution in [2.24, 2.45) is 0 Å². The van der Waals surface area contributed by atoms with E-state index in [-0.39, 0.29) is 18.1 Å². The lowest BCUT2D eigenvalue weighted by Gasteiger charge is -2.37. The number of carbonyl (C=O) groups excluding carboxylic acids is 1.